The number of nitriles is 1. The molecule has 1 saturated carbocycles. The summed E-state index contributed by atoms with van der Waals surface area (Å²) in [5, 5.41) is 26.6. The van der Waals surface area contributed by atoms with E-state index >= 15 is 0 Å². The van der Waals surface area contributed by atoms with Crippen molar-refractivity contribution < 1.29 is 9.18 Å². The Morgan fingerprint density at radius 1 is 1.24 bits per heavy atom. The molecule has 1 aliphatic heterocycles. The first-order valence-electron chi connectivity index (χ1n) is 14.1. The van der Waals surface area contributed by atoms with Crippen molar-refractivity contribution in [3.05, 3.63) is 75.6 Å². The molecule has 2 fully saturated rings. The summed E-state index contributed by atoms with van der Waals surface area (Å²) in [5.74, 6) is -0.191. The SMILES string of the molecule is CC(C)(C)CNc1c(C#N)cnc2c(Br)cc(N[C@@H](c3cccc(C(=O)N4CC(F)C4)c3)c3cn(C4CC4)nn3)cc12. The van der Waals surface area contributed by atoms with Crippen molar-refractivity contribution in [1.82, 2.24) is 24.9 Å². The predicted molar refractivity (Wildman–Crippen MR) is 163 cm³/mol. The van der Waals surface area contributed by atoms with E-state index in [-0.39, 0.29) is 24.4 Å². The molecule has 0 radical (unpaired) electrons. The van der Waals surface area contributed by atoms with E-state index in [1.807, 2.05) is 41.2 Å². The summed E-state index contributed by atoms with van der Waals surface area (Å²) in [6.45, 7) is 7.31. The maximum absolute atomic E-state index is 13.5. The summed E-state index contributed by atoms with van der Waals surface area (Å²) >= 11 is 3.69. The topological polar surface area (TPSA) is 112 Å². The molecule has 2 aliphatic rings. The second-order valence-corrected chi connectivity index (χ2v) is 13.1. The van der Waals surface area contributed by atoms with Gasteiger partial charge in [0.2, 0.25) is 0 Å². The number of nitrogens with one attached hydrogen (secondary N) is 2. The van der Waals surface area contributed by atoms with E-state index in [1.165, 1.54) is 4.90 Å². The van der Waals surface area contributed by atoms with Gasteiger partial charge >= 0.3 is 0 Å². The minimum Gasteiger partial charge on any atom is -0.383 e. The monoisotopic (exact) mass is 630 g/mol. The van der Waals surface area contributed by atoms with Crippen LogP contribution in [0.2, 0.25) is 0 Å². The number of hydrogen-bond donors (Lipinski definition) is 2. The van der Waals surface area contributed by atoms with Gasteiger partial charge in [-0.2, -0.15) is 5.26 Å². The van der Waals surface area contributed by atoms with Crippen LogP contribution >= 0.6 is 15.9 Å². The third-order valence-corrected chi connectivity index (χ3v) is 8.09. The summed E-state index contributed by atoms with van der Waals surface area (Å²) in [4.78, 5) is 19.1. The Labute approximate surface area is 252 Å². The van der Waals surface area contributed by atoms with Crippen molar-refractivity contribution in [2.75, 3.05) is 30.3 Å². The number of carbonyl (C=O) groups excluding carboxylic acids is 1. The van der Waals surface area contributed by atoms with Gasteiger partial charge in [-0.05, 0) is 64.0 Å². The molecule has 1 saturated heterocycles. The van der Waals surface area contributed by atoms with Crippen LogP contribution in [0.1, 0.15) is 72.9 Å². The molecule has 11 heteroatoms. The summed E-state index contributed by atoms with van der Waals surface area (Å²) < 4.78 is 16.1. The van der Waals surface area contributed by atoms with Gasteiger partial charge in [-0.3, -0.25) is 9.78 Å². The van der Waals surface area contributed by atoms with E-state index in [1.54, 1.807) is 12.3 Å². The molecule has 4 aromatic rings. The minimum absolute atomic E-state index is 0.00247. The second kappa shape index (κ2) is 11.0. The highest BCUT2D eigenvalue weighted by Crippen LogP contribution is 2.38. The van der Waals surface area contributed by atoms with Crippen LogP contribution in [0.3, 0.4) is 0 Å². The lowest BCUT2D eigenvalue weighted by molar-refractivity contribution is 0.0400. The van der Waals surface area contributed by atoms with Crippen LogP contribution < -0.4 is 10.6 Å². The van der Waals surface area contributed by atoms with Crippen molar-refractivity contribution >= 4 is 44.1 Å². The van der Waals surface area contributed by atoms with Gasteiger partial charge in [-0.15, -0.1) is 5.10 Å². The molecule has 0 spiro atoms. The third kappa shape index (κ3) is 5.81. The first kappa shape index (κ1) is 28.1. The maximum atomic E-state index is 13.5. The number of rotatable bonds is 8. The van der Waals surface area contributed by atoms with Gasteiger partial charge in [0.05, 0.1) is 48.1 Å². The molecule has 1 amide bonds. The fourth-order valence-electron chi connectivity index (χ4n) is 5.03. The number of benzene rings is 2. The largest absolute Gasteiger partial charge is 0.383 e. The van der Waals surface area contributed by atoms with Gasteiger partial charge in [0, 0.05) is 33.9 Å². The Kier molecular flexibility index (Phi) is 7.35. The lowest BCUT2D eigenvalue weighted by Gasteiger charge is -2.34. The lowest BCUT2D eigenvalue weighted by atomic mass is 9.96. The number of alkyl halides is 1. The molecule has 1 atom stereocenters. The quantitative estimate of drug-likeness (QED) is 0.237. The first-order chi connectivity index (χ1) is 20.1. The molecule has 6 rings (SSSR count). The fourth-order valence-corrected chi connectivity index (χ4v) is 5.59. The number of hydrogen-bond acceptors (Lipinski definition) is 7. The van der Waals surface area contributed by atoms with Crippen LogP contribution in [0.25, 0.3) is 10.9 Å². The van der Waals surface area contributed by atoms with Crippen LogP contribution in [0.4, 0.5) is 15.8 Å². The Morgan fingerprint density at radius 2 is 2.02 bits per heavy atom. The molecule has 0 bridgehead atoms. The van der Waals surface area contributed by atoms with E-state index in [0.29, 0.717) is 29.4 Å². The average molecular weight is 632 g/mol. The van der Waals surface area contributed by atoms with E-state index in [4.69, 9.17) is 0 Å². The van der Waals surface area contributed by atoms with Gasteiger partial charge in [-0.1, -0.05) is 38.1 Å². The molecule has 42 heavy (non-hydrogen) atoms. The molecule has 0 unspecified atom stereocenters. The van der Waals surface area contributed by atoms with Crippen molar-refractivity contribution in [3.8, 4) is 6.07 Å². The van der Waals surface area contributed by atoms with E-state index < -0.39 is 12.2 Å². The Bertz CT molecular complexity index is 1700. The Hall–Kier alpha value is -4.04. The first-order valence-corrected chi connectivity index (χ1v) is 14.9. The zero-order valence-electron chi connectivity index (χ0n) is 23.7. The molecular formula is C31H32BrFN8O. The number of pyridine rings is 1. The molecule has 3 heterocycles. The molecule has 2 N–H and O–H groups in total. The molecular weight excluding hydrogens is 599 g/mol. The van der Waals surface area contributed by atoms with E-state index in [9.17, 15) is 14.4 Å². The van der Waals surface area contributed by atoms with Crippen LogP contribution in [0, 0.1) is 16.7 Å². The molecule has 9 nitrogen and oxygen atoms in total. The normalized spacial score (nSPS) is 16.1. The van der Waals surface area contributed by atoms with Crippen molar-refractivity contribution in [2.45, 2.75) is 51.9 Å². The smallest absolute Gasteiger partial charge is 0.254 e. The molecule has 2 aromatic carbocycles. The highest BCUT2D eigenvalue weighted by atomic mass is 79.9. The number of anilines is 2. The van der Waals surface area contributed by atoms with Crippen LogP contribution in [-0.4, -0.2) is 56.6 Å². The zero-order chi connectivity index (χ0) is 29.6. The summed E-state index contributed by atoms with van der Waals surface area (Å²) in [6, 6.07) is 13.5. The van der Waals surface area contributed by atoms with Crippen LogP contribution in [-0.2, 0) is 0 Å². The number of likely N-dealkylation sites (tertiary alicyclic amines) is 1. The second-order valence-electron chi connectivity index (χ2n) is 12.3. The van der Waals surface area contributed by atoms with Gasteiger partial charge in [-0.25, -0.2) is 9.07 Å². The average Bonchev–Trinajstić information content (AvgIpc) is 3.68. The van der Waals surface area contributed by atoms with Gasteiger partial charge < -0.3 is 15.5 Å². The third-order valence-electron chi connectivity index (χ3n) is 7.49. The number of carbonyl (C=O) groups is 1. The summed E-state index contributed by atoms with van der Waals surface area (Å²) in [6.07, 6.45) is 4.73. The highest BCUT2D eigenvalue weighted by molar-refractivity contribution is 9.10. The fraction of sp³-hybridized carbons (Fsp3) is 0.387. The number of fused-ring (bicyclic) bond motifs is 1. The van der Waals surface area contributed by atoms with Crippen molar-refractivity contribution in [2.24, 2.45) is 5.41 Å². The summed E-state index contributed by atoms with van der Waals surface area (Å²) in [5.41, 5.74) is 4.74. The Morgan fingerprint density at radius 3 is 2.71 bits per heavy atom. The number of nitrogens with zero attached hydrogens (tertiary/aromatic N) is 6. The van der Waals surface area contributed by atoms with Gasteiger partial charge in [0.15, 0.2) is 0 Å². The minimum atomic E-state index is -0.964. The Balaban J connectivity index is 1.40. The molecule has 2 aromatic heterocycles. The zero-order valence-corrected chi connectivity index (χ0v) is 25.3. The number of amides is 1. The van der Waals surface area contributed by atoms with Gasteiger partial charge in [0.25, 0.3) is 5.91 Å². The van der Waals surface area contributed by atoms with Crippen LogP contribution in [0.5, 0.6) is 0 Å². The van der Waals surface area contributed by atoms with E-state index in [2.05, 4.69) is 68.7 Å². The van der Waals surface area contributed by atoms with Crippen molar-refractivity contribution in [1.29, 1.82) is 5.26 Å². The van der Waals surface area contributed by atoms with Crippen molar-refractivity contribution in [3.63, 3.8) is 0 Å². The number of aromatic nitrogens is 4. The molecule has 1 aliphatic carbocycles. The maximum Gasteiger partial charge on any atom is 0.254 e. The lowest BCUT2D eigenvalue weighted by Crippen LogP contribution is -2.51. The predicted octanol–water partition coefficient (Wildman–Crippen LogP) is 6.25. The highest BCUT2D eigenvalue weighted by Gasteiger charge is 2.32. The van der Waals surface area contributed by atoms with Gasteiger partial charge in [0.1, 0.15) is 17.9 Å². The summed E-state index contributed by atoms with van der Waals surface area (Å²) in [7, 11) is 0. The van der Waals surface area contributed by atoms with E-state index in [0.717, 1.165) is 45.2 Å². The molecule has 216 valence electrons. The number of halogens is 2. The standard InChI is InChI=1S/C31H32BrFN8O/c1-31(2,3)17-36-27-20(12-34)13-35-29-24(27)10-22(11-25(29)32)37-28(26-16-41(39-38-26)23-7-8-23)18-5-4-6-19(9-18)30(42)40-14-21(33)15-40/h4-6,9-11,13,16,21,23,28,37H,7-8,14-15,17H2,1-3H3,(H,35,36)/t28-/m0/s1. The van der Waals surface area contributed by atoms with Crippen LogP contribution in [0.15, 0.2) is 53.3 Å².